The maximum atomic E-state index is 11.3. The van der Waals surface area contributed by atoms with Crippen LogP contribution in [0.25, 0.3) is 0 Å². The van der Waals surface area contributed by atoms with Gasteiger partial charge in [0, 0.05) is 20.6 Å². The van der Waals surface area contributed by atoms with Crippen molar-refractivity contribution in [2.45, 2.75) is 12.8 Å². The highest BCUT2D eigenvalue weighted by Gasteiger charge is 2.21. The van der Waals surface area contributed by atoms with Gasteiger partial charge in [0.25, 0.3) is 0 Å². The topological polar surface area (TPSA) is 17.1 Å². The van der Waals surface area contributed by atoms with Crippen molar-refractivity contribution in [1.29, 1.82) is 0 Å². The van der Waals surface area contributed by atoms with Crippen LogP contribution in [0, 0.1) is 3.57 Å². The summed E-state index contributed by atoms with van der Waals surface area (Å²) in [6.45, 7) is 0. The molecule has 0 saturated carbocycles. The minimum Gasteiger partial charge on any atom is -0.294 e. The smallest absolute Gasteiger partial charge is 0.163 e. The third kappa shape index (κ3) is 1.27. The molecule has 0 amide bonds. The van der Waals surface area contributed by atoms with Gasteiger partial charge in [-0.05, 0) is 46.7 Å². The maximum Gasteiger partial charge on any atom is 0.163 e. The summed E-state index contributed by atoms with van der Waals surface area (Å²) in [6.07, 6.45) is 1.52. The number of rotatable bonds is 0. The molecule has 0 saturated heterocycles. The molecule has 0 fully saturated rings. The second-order valence-corrected chi connectivity index (χ2v) is 4.44. The van der Waals surface area contributed by atoms with Crippen LogP contribution in [0.15, 0.2) is 12.1 Å². The van der Waals surface area contributed by atoms with E-state index in [0.29, 0.717) is 11.4 Å². The normalized spacial score (nSPS) is 15.0. The lowest BCUT2D eigenvalue weighted by molar-refractivity contribution is 0.0994. The third-order valence-electron chi connectivity index (χ3n) is 2.06. The number of benzene rings is 1. The minimum absolute atomic E-state index is 0.227. The number of ketones is 1. The second kappa shape index (κ2) is 3.00. The van der Waals surface area contributed by atoms with Crippen molar-refractivity contribution in [1.82, 2.24) is 0 Å². The van der Waals surface area contributed by atoms with E-state index in [1.54, 1.807) is 6.07 Å². The molecule has 1 aliphatic carbocycles. The van der Waals surface area contributed by atoms with Crippen LogP contribution in [0.1, 0.15) is 22.3 Å². The van der Waals surface area contributed by atoms with Crippen LogP contribution in [0.2, 0.25) is 5.02 Å². The van der Waals surface area contributed by atoms with Crippen molar-refractivity contribution in [3.8, 4) is 0 Å². The number of halogens is 2. The molecule has 62 valence electrons. The molecule has 0 aromatic heterocycles. The van der Waals surface area contributed by atoms with E-state index in [1.165, 1.54) is 5.56 Å². The molecule has 12 heavy (non-hydrogen) atoms. The van der Waals surface area contributed by atoms with Gasteiger partial charge in [0.2, 0.25) is 0 Å². The number of hydrogen-bond donors (Lipinski definition) is 0. The average molecular weight is 293 g/mol. The quantitative estimate of drug-likeness (QED) is 0.672. The first kappa shape index (κ1) is 8.51. The lowest BCUT2D eigenvalue weighted by Gasteiger charge is -2.00. The number of carbonyl (C=O) groups is 1. The Bertz CT molecular complexity index is 360. The highest BCUT2D eigenvalue weighted by molar-refractivity contribution is 14.1. The van der Waals surface area contributed by atoms with Crippen molar-refractivity contribution in [3.05, 3.63) is 31.9 Å². The Morgan fingerprint density at radius 3 is 2.83 bits per heavy atom. The van der Waals surface area contributed by atoms with E-state index in [2.05, 4.69) is 22.6 Å². The van der Waals surface area contributed by atoms with E-state index >= 15 is 0 Å². The molecule has 1 aromatic carbocycles. The Labute approximate surface area is 89.2 Å². The summed E-state index contributed by atoms with van der Waals surface area (Å²) in [4.78, 5) is 11.3. The molecule has 0 heterocycles. The molecular weight excluding hydrogens is 286 g/mol. The van der Waals surface area contributed by atoms with Gasteiger partial charge in [-0.1, -0.05) is 11.6 Å². The third-order valence-corrected chi connectivity index (χ3v) is 3.24. The van der Waals surface area contributed by atoms with Crippen LogP contribution < -0.4 is 0 Å². The van der Waals surface area contributed by atoms with E-state index in [1.807, 2.05) is 6.07 Å². The summed E-state index contributed by atoms with van der Waals surface area (Å²) in [5.41, 5.74) is 2.00. The molecule has 2 rings (SSSR count). The first-order chi connectivity index (χ1) is 5.68. The van der Waals surface area contributed by atoms with E-state index in [4.69, 9.17) is 11.6 Å². The van der Waals surface area contributed by atoms with E-state index < -0.39 is 0 Å². The molecule has 0 radical (unpaired) electrons. The Hall–Kier alpha value is -0.0900. The van der Waals surface area contributed by atoms with Crippen LogP contribution in [-0.2, 0) is 6.42 Å². The summed E-state index contributed by atoms with van der Waals surface area (Å²) in [5.74, 6) is 0.227. The number of Topliss-reactive ketones (excluding diaryl/α,β-unsaturated/α-hetero) is 1. The minimum atomic E-state index is 0.227. The van der Waals surface area contributed by atoms with E-state index in [9.17, 15) is 4.79 Å². The lowest BCUT2D eigenvalue weighted by Crippen LogP contribution is -1.92. The fourth-order valence-electron chi connectivity index (χ4n) is 1.48. The molecule has 0 spiro atoms. The molecule has 3 heteroatoms. The number of hydrogen-bond acceptors (Lipinski definition) is 1. The zero-order chi connectivity index (χ0) is 8.72. The van der Waals surface area contributed by atoms with E-state index in [-0.39, 0.29) is 5.78 Å². The van der Waals surface area contributed by atoms with Crippen molar-refractivity contribution in [2.24, 2.45) is 0 Å². The summed E-state index contributed by atoms with van der Waals surface area (Å²) in [7, 11) is 0. The van der Waals surface area contributed by atoms with Crippen LogP contribution in [0.3, 0.4) is 0 Å². The first-order valence-corrected chi connectivity index (χ1v) is 5.15. The second-order valence-electron chi connectivity index (χ2n) is 2.84. The van der Waals surface area contributed by atoms with Gasteiger partial charge in [0.05, 0.1) is 0 Å². The zero-order valence-electron chi connectivity index (χ0n) is 6.23. The van der Waals surface area contributed by atoms with Gasteiger partial charge in [-0.3, -0.25) is 4.79 Å². The maximum absolute atomic E-state index is 11.3. The van der Waals surface area contributed by atoms with Gasteiger partial charge in [0.1, 0.15) is 0 Å². The predicted octanol–water partition coefficient (Wildman–Crippen LogP) is 3.07. The van der Waals surface area contributed by atoms with Gasteiger partial charge in [0.15, 0.2) is 5.78 Å². The molecule has 1 nitrogen and oxygen atoms in total. The molecule has 0 bridgehead atoms. The fourth-order valence-corrected chi connectivity index (χ4v) is 2.78. The van der Waals surface area contributed by atoms with Crippen LogP contribution in [-0.4, -0.2) is 5.78 Å². The standard InChI is InChI=1S/C9H6ClIO/c10-5-3-7-6(8(11)4-5)1-2-9(7)12/h3-4H,1-2H2. The Kier molecular flexibility index (Phi) is 2.12. The van der Waals surface area contributed by atoms with Crippen LogP contribution >= 0.6 is 34.2 Å². The predicted molar refractivity (Wildman–Crippen MR) is 56.8 cm³/mol. The molecule has 0 N–H and O–H groups in total. The zero-order valence-corrected chi connectivity index (χ0v) is 9.15. The van der Waals surface area contributed by atoms with Crippen molar-refractivity contribution in [3.63, 3.8) is 0 Å². The number of carbonyl (C=O) groups excluding carboxylic acids is 1. The molecule has 0 aliphatic heterocycles. The summed E-state index contributed by atoms with van der Waals surface area (Å²) in [5, 5.41) is 0.661. The molecular formula is C9H6ClIO. The molecule has 0 unspecified atom stereocenters. The summed E-state index contributed by atoms with van der Waals surface area (Å²) >= 11 is 8.06. The highest BCUT2D eigenvalue weighted by atomic mass is 127. The Morgan fingerprint density at radius 2 is 2.08 bits per heavy atom. The monoisotopic (exact) mass is 292 g/mol. The highest BCUT2D eigenvalue weighted by Crippen LogP contribution is 2.29. The van der Waals surface area contributed by atoms with Crippen molar-refractivity contribution < 1.29 is 4.79 Å². The SMILES string of the molecule is O=C1CCc2c(I)cc(Cl)cc21. The van der Waals surface area contributed by atoms with Gasteiger partial charge >= 0.3 is 0 Å². The lowest BCUT2D eigenvalue weighted by atomic mass is 10.1. The first-order valence-electron chi connectivity index (χ1n) is 3.69. The average Bonchev–Trinajstić information content (AvgIpc) is 2.33. The largest absolute Gasteiger partial charge is 0.294 e. The fraction of sp³-hybridized carbons (Fsp3) is 0.222. The van der Waals surface area contributed by atoms with Crippen LogP contribution in [0.4, 0.5) is 0 Å². The van der Waals surface area contributed by atoms with Crippen molar-refractivity contribution in [2.75, 3.05) is 0 Å². The Morgan fingerprint density at radius 1 is 1.33 bits per heavy atom. The van der Waals surface area contributed by atoms with Crippen LogP contribution in [0.5, 0.6) is 0 Å². The van der Waals surface area contributed by atoms with Gasteiger partial charge in [-0.15, -0.1) is 0 Å². The number of fused-ring (bicyclic) bond motifs is 1. The van der Waals surface area contributed by atoms with Crippen molar-refractivity contribution >= 4 is 40.0 Å². The summed E-state index contributed by atoms with van der Waals surface area (Å²) < 4.78 is 1.11. The van der Waals surface area contributed by atoms with Gasteiger partial charge in [-0.2, -0.15) is 0 Å². The van der Waals surface area contributed by atoms with Gasteiger partial charge < -0.3 is 0 Å². The molecule has 0 atom stereocenters. The Balaban J connectivity index is 2.68. The molecule has 1 aliphatic rings. The van der Waals surface area contributed by atoms with Gasteiger partial charge in [-0.25, -0.2) is 0 Å². The summed E-state index contributed by atoms with van der Waals surface area (Å²) in [6, 6.07) is 3.67. The molecule has 1 aromatic rings. The van der Waals surface area contributed by atoms with E-state index in [0.717, 1.165) is 15.6 Å².